The monoisotopic (exact) mass is 237 g/mol. The zero-order valence-electron chi connectivity index (χ0n) is 11.0. The lowest BCUT2D eigenvalue weighted by molar-refractivity contribution is 0.143. The maximum Gasteiger partial charge on any atom is 0.118 e. The average molecular weight is 237 g/mol. The summed E-state index contributed by atoms with van der Waals surface area (Å²) in [6.45, 7) is 0.934. The topological polar surface area (TPSA) is 32.7 Å². The van der Waals surface area contributed by atoms with Gasteiger partial charge in [-0.3, -0.25) is 0 Å². The van der Waals surface area contributed by atoms with Gasteiger partial charge in [0.15, 0.2) is 0 Å². The highest BCUT2D eigenvalue weighted by Gasteiger charge is 2.05. The zero-order chi connectivity index (χ0) is 12.7. The quantitative estimate of drug-likeness (QED) is 0.786. The average Bonchev–Trinajstić information content (AvgIpc) is 2.34. The second-order valence-electron chi connectivity index (χ2n) is 4.63. The highest BCUT2D eigenvalue weighted by molar-refractivity contribution is 5.27. The van der Waals surface area contributed by atoms with Crippen molar-refractivity contribution in [2.75, 3.05) is 27.7 Å². The van der Waals surface area contributed by atoms with Gasteiger partial charge in [0.25, 0.3) is 0 Å². The van der Waals surface area contributed by atoms with Crippen LogP contribution in [-0.2, 0) is 6.42 Å². The van der Waals surface area contributed by atoms with Crippen molar-refractivity contribution in [1.82, 2.24) is 4.90 Å². The molecule has 0 saturated heterocycles. The van der Waals surface area contributed by atoms with Gasteiger partial charge in [-0.1, -0.05) is 12.1 Å². The summed E-state index contributed by atoms with van der Waals surface area (Å²) in [5.74, 6) is 0.877. The molecular formula is C14H23NO2. The molecule has 0 aliphatic carbocycles. The number of aliphatic hydroxyl groups is 1. The number of nitrogens with zero attached hydrogens (tertiary/aromatic N) is 1. The van der Waals surface area contributed by atoms with Gasteiger partial charge in [0.1, 0.15) is 5.75 Å². The van der Waals surface area contributed by atoms with Crippen LogP contribution in [-0.4, -0.2) is 43.9 Å². The Morgan fingerprint density at radius 3 is 2.35 bits per heavy atom. The molecule has 0 spiro atoms. The van der Waals surface area contributed by atoms with E-state index < -0.39 is 0 Å². The second-order valence-corrected chi connectivity index (χ2v) is 4.63. The standard InChI is InChI=1S/C14H23NO2/c1-15(2)11-10-13(16)7-4-12-5-8-14(17-3)9-6-12/h5-6,8-9,13,16H,4,7,10-11H2,1-3H3. The van der Waals surface area contributed by atoms with Gasteiger partial charge in [-0.25, -0.2) is 0 Å². The van der Waals surface area contributed by atoms with Gasteiger partial charge in [0.2, 0.25) is 0 Å². The van der Waals surface area contributed by atoms with Crippen LogP contribution in [0.25, 0.3) is 0 Å². The number of rotatable bonds is 7. The molecule has 0 aliphatic heterocycles. The van der Waals surface area contributed by atoms with E-state index in [4.69, 9.17) is 4.74 Å². The molecular weight excluding hydrogens is 214 g/mol. The lowest BCUT2D eigenvalue weighted by Gasteiger charge is -2.14. The number of methoxy groups -OCH3 is 1. The summed E-state index contributed by atoms with van der Waals surface area (Å²) in [5, 5.41) is 9.81. The molecule has 3 nitrogen and oxygen atoms in total. The van der Waals surface area contributed by atoms with Crippen molar-refractivity contribution in [3.05, 3.63) is 29.8 Å². The van der Waals surface area contributed by atoms with Crippen LogP contribution < -0.4 is 4.74 Å². The fourth-order valence-corrected chi connectivity index (χ4v) is 1.68. The van der Waals surface area contributed by atoms with Gasteiger partial charge in [0.05, 0.1) is 13.2 Å². The van der Waals surface area contributed by atoms with Crippen molar-refractivity contribution in [1.29, 1.82) is 0 Å². The molecule has 17 heavy (non-hydrogen) atoms. The SMILES string of the molecule is COc1ccc(CCC(O)CCN(C)C)cc1. The second kappa shape index (κ2) is 7.30. The van der Waals surface area contributed by atoms with E-state index in [1.807, 2.05) is 26.2 Å². The smallest absolute Gasteiger partial charge is 0.118 e. The van der Waals surface area contributed by atoms with E-state index in [0.29, 0.717) is 0 Å². The molecule has 96 valence electrons. The molecule has 1 unspecified atom stereocenters. The van der Waals surface area contributed by atoms with Gasteiger partial charge < -0.3 is 14.7 Å². The lowest BCUT2D eigenvalue weighted by atomic mass is 10.0. The molecule has 0 saturated carbocycles. The van der Waals surface area contributed by atoms with E-state index >= 15 is 0 Å². The normalized spacial score (nSPS) is 12.8. The Kier molecular flexibility index (Phi) is 6.01. The lowest BCUT2D eigenvalue weighted by Crippen LogP contribution is -2.19. The number of aliphatic hydroxyl groups excluding tert-OH is 1. The highest BCUT2D eigenvalue weighted by Crippen LogP contribution is 2.13. The predicted molar refractivity (Wildman–Crippen MR) is 70.5 cm³/mol. The number of benzene rings is 1. The van der Waals surface area contributed by atoms with Gasteiger partial charge in [0, 0.05) is 0 Å². The predicted octanol–water partition coefficient (Wildman–Crippen LogP) is 1.94. The van der Waals surface area contributed by atoms with Crippen LogP contribution in [0.2, 0.25) is 0 Å². The first-order chi connectivity index (χ1) is 8.11. The van der Waals surface area contributed by atoms with Crippen LogP contribution in [0.5, 0.6) is 5.75 Å². The molecule has 0 aromatic heterocycles. The van der Waals surface area contributed by atoms with Gasteiger partial charge >= 0.3 is 0 Å². The maximum atomic E-state index is 9.81. The summed E-state index contributed by atoms with van der Waals surface area (Å²) < 4.78 is 5.10. The fourth-order valence-electron chi connectivity index (χ4n) is 1.68. The van der Waals surface area contributed by atoms with Crippen LogP contribution in [0.1, 0.15) is 18.4 Å². The van der Waals surface area contributed by atoms with E-state index in [1.54, 1.807) is 7.11 Å². The third-order valence-corrected chi connectivity index (χ3v) is 2.83. The fraction of sp³-hybridized carbons (Fsp3) is 0.571. The largest absolute Gasteiger partial charge is 0.497 e. The number of hydrogen-bond donors (Lipinski definition) is 1. The van der Waals surface area contributed by atoms with Gasteiger partial charge in [-0.15, -0.1) is 0 Å². The Morgan fingerprint density at radius 2 is 1.82 bits per heavy atom. The molecule has 1 rings (SSSR count). The Labute approximate surface area is 104 Å². The van der Waals surface area contributed by atoms with E-state index in [9.17, 15) is 5.11 Å². The minimum atomic E-state index is -0.209. The third kappa shape index (κ3) is 5.71. The van der Waals surface area contributed by atoms with Crippen LogP contribution >= 0.6 is 0 Å². The van der Waals surface area contributed by atoms with Crippen molar-refractivity contribution < 1.29 is 9.84 Å². The van der Waals surface area contributed by atoms with E-state index in [-0.39, 0.29) is 6.10 Å². The molecule has 0 amide bonds. The summed E-state index contributed by atoms with van der Waals surface area (Å²) in [6.07, 6.45) is 2.36. The molecule has 1 aromatic carbocycles. The summed E-state index contributed by atoms with van der Waals surface area (Å²) >= 11 is 0. The zero-order valence-corrected chi connectivity index (χ0v) is 11.0. The highest BCUT2D eigenvalue weighted by atomic mass is 16.5. The number of ether oxygens (including phenoxy) is 1. The number of aryl methyl sites for hydroxylation is 1. The summed E-state index contributed by atoms with van der Waals surface area (Å²) in [6, 6.07) is 8.03. The number of hydrogen-bond acceptors (Lipinski definition) is 3. The molecule has 0 fully saturated rings. The van der Waals surface area contributed by atoms with Gasteiger partial charge in [-0.05, 0) is 57.6 Å². The Hall–Kier alpha value is -1.06. The van der Waals surface area contributed by atoms with E-state index in [2.05, 4.69) is 17.0 Å². The van der Waals surface area contributed by atoms with Crippen LogP contribution in [0.3, 0.4) is 0 Å². The first-order valence-corrected chi connectivity index (χ1v) is 6.07. The van der Waals surface area contributed by atoms with Crippen molar-refractivity contribution >= 4 is 0 Å². The maximum absolute atomic E-state index is 9.81. The molecule has 0 heterocycles. The van der Waals surface area contributed by atoms with Crippen molar-refractivity contribution in [3.8, 4) is 5.75 Å². The molecule has 0 bridgehead atoms. The van der Waals surface area contributed by atoms with Crippen molar-refractivity contribution in [2.45, 2.75) is 25.4 Å². The van der Waals surface area contributed by atoms with Crippen LogP contribution in [0.4, 0.5) is 0 Å². The van der Waals surface area contributed by atoms with E-state index in [1.165, 1.54) is 5.56 Å². The molecule has 1 N–H and O–H groups in total. The van der Waals surface area contributed by atoms with Gasteiger partial charge in [-0.2, -0.15) is 0 Å². The summed E-state index contributed by atoms with van der Waals surface area (Å²) in [4.78, 5) is 2.09. The molecule has 3 heteroatoms. The van der Waals surface area contributed by atoms with E-state index in [0.717, 1.165) is 31.6 Å². The Morgan fingerprint density at radius 1 is 1.18 bits per heavy atom. The Bertz CT molecular complexity index is 309. The molecule has 1 aromatic rings. The minimum absolute atomic E-state index is 0.209. The van der Waals surface area contributed by atoms with Crippen molar-refractivity contribution in [3.63, 3.8) is 0 Å². The summed E-state index contributed by atoms with van der Waals surface area (Å²) in [5.41, 5.74) is 1.25. The molecule has 0 aliphatic rings. The third-order valence-electron chi connectivity index (χ3n) is 2.83. The van der Waals surface area contributed by atoms with Crippen molar-refractivity contribution in [2.24, 2.45) is 0 Å². The summed E-state index contributed by atoms with van der Waals surface area (Å²) in [7, 11) is 5.71. The molecule has 1 atom stereocenters. The minimum Gasteiger partial charge on any atom is -0.497 e. The van der Waals surface area contributed by atoms with Crippen LogP contribution in [0, 0.1) is 0 Å². The first kappa shape index (κ1) is 14.0. The van der Waals surface area contributed by atoms with Crippen LogP contribution in [0.15, 0.2) is 24.3 Å². The molecule has 0 radical (unpaired) electrons. The first-order valence-electron chi connectivity index (χ1n) is 6.07. The Balaban J connectivity index is 2.29.